The summed E-state index contributed by atoms with van der Waals surface area (Å²) in [6, 6.07) is 11.1. The van der Waals surface area contributed by atoms with E-state index in [9.17, 15) is 0 Å². The van der Waals surface area contributed by atoms with Gasteiger partial charge >= 0.3 is 0 Å². The van der Waals surface area contributed by atoms with Gasteiger partial charge in [0, 0.05) is 32.5 Å². The fourth-order valence-corrected chi connectivity index (χ4v) is 3.49. The summed E-state index contributed by atoms with van der Waals surface area (Å²) in [4.78, 5) is 11.3. The zero-order valence-electron chi connectivity index (χ0n) is 17.6. The van der Waals surface area contributed by atoms with Crippen molar-refractivity contribution in [3.8, 4) is 0 Å². The fraction of sp³-hybridized carbons (Fsp3) is 0.571. The van der Waals surface area contributed by atoms with Crippen LogP contribution in [0.5, 0.6) is 0 Å². The van der Waals surface area contributed by atoms with E-state index in [4.69, 9.17) is 4.52 Å². The van der Waals surface area contributed by atoms with Gasteiger partial charge in [-0.25, -0.2) is 0 Å². The summed E-state index contributed by atoms with van der Waals surface area (Å²) >= 11 is 0. The monoisotopic (exact) mass is 512 g/mol. The third-order valence-electron chi connectivity index (χ3n) is 5.08. The molecule has 0 aliphatic carbocycles. The van der Waals surface area contributed by atoms with E-state index < -0.39 is 0 Å². The molecule has 1 aliphatic rings. The molecule has 8 heteroatoms. The molecule has 1 saturated heterocycles. The summed E-state index contributed by atoms with van der Waals surface area (Å²) in [5, 5.41) is 10.8. The van der Waals surface area contributed by atoms with Gasteiger partial charge in [-0.15, -0.1) is 24.0 Å². The summed E-state index contributed by atoms with van der Waals surface area (Å²) in [7, 11) is 1.80. The van der Waals surface area contributed by atoms with E-state index in [2.05, 4.69) is 74.8 Å². The van der Waals surface area contributed by atoms with E-state index in [0.29, 0.717) is 24.9 Å². The summed E-state index contributed by atoms with van der Waals surface area (Å²) < 4.78 is 5.30. The molecule has 0 radical (unpaired) electrons. The number of aromatic nitrogens is 2. The van der Waals surface area contributed by atoms with Gasteiger partial charge in [-0.2, -0.15) is 4.98 Å². The van der Waals surface area contributed by atoms with Crippen molar-refractivity contribution in [1.82, 2.24) is 25.7 Å². The first-order valence-corrected chi connectivity index (χ1v) is 10.2. The second-order valence-electron chi connectivity index (χ2n) is 7.50. The average molecular weight is 512 g/mol. The molecule has 29 heavy (non-hydrogen) atoms. The quantitative estimate of drug-likeness (QED) is 0.321. The number of benzene rings is 1. The number of aliphatic imine (C=N–C) groups is 1. The van der Waals surface area contributed by atoms with E-state index in [-0.39, 0.29) is 29.9 Å². The predicted molar refractivity (Wildman–Crippen MR) is 127 cm³/mol. The van der Waals surface area contributed by atoms with Gasteiger partial charge in [-0.3, -0.25) is 9.89 Å². The average Bonchev–Trinajstić information content (AvgIpc) is 3.40. The van der Waals surface area contributed by atoms with E-state index in [1.54, 1.807) is 7.05 Å². The summed E-state index contributed by atoms with van der Waals surface area (Å²) in [6.07, 6.45) is 3.23. The molecular formula is C21H33IN6O. The molecule has 3 rings (SSSR count). The number of halogens is 1. The van der Waals surface area contributed by atoms with Gasteiger partial charge in [-0.1, -0.05) is 49.3 Å². The van der Waals surface area contributed by atoms with Crippen LogP contribution < -0.4 is 10.6 Å². The van der Waals surface area contributed by atoms with Gasteiger partial charge in [0.2, 0.25) is 5.89 Å². The Balaban J connectivity index is 0.00000300. The fourth-order valence-electron chi connectivity index (χ4n) is 3.49. The zero-order valence-corrected chi connectivity index (χ0v) is 19.9. The second-order valence-corrected chi connectivity index (χ2v) is 7.50. The van der Waals surface area contributed by atoms with Crippen molar-refractivity contribution in [3.05, 3.63) is 47.6 Å². The number of likely N-dealkylation sites (tertiary alicyclic amines) is 1. The minimum Gasteiger partial charge on any atom is -0.356 e. The number of guanidine groups is 1. The molecule has 0 spiro atoms. The van der Waals surface area contributed by atoms with Crippen molar-refractivity contribution >= 4 is 29.9 Å². The van der Waals surface area contributed by atoms with E-state index in [0.717, 1.165) is 31.4 Å². The molecule has 160 valence electrons. The maximum Gasteiger partial charge on any atom is 0.228 e. The Labute approximate surface area is 190 Å². The lowest BCUT2D eigenvalue weighted by atomic mass is 10.1. The highest BCUT2D eigenvalue weighted by molar-refractivity contribution is 14.0. The maximum atomic E-state index is 5.30. The molecule has 0 saturated carbocycles. The largest absolute Gasteiger partial charge is 0.356 e. The summed E-state index contributed by atoms with van der Waals surface area (Å²) in [6.45, 7) is 7.94. The Kier molecular flexibility index (Phi) is 9.86. The third kappa shape index (κ3) is 6.95. The number of hydrogen-bond acceptors (Lipinski definition) is 5. The van der Waals surface area contributed by atoms with Crippen LogP contribution in [0.1, 0.15) is 55.9 Å². The Hall–Kier alpha value is -1.68. The van der Waals surface area contributed by atoms with E-state index >= 15 is 0 Å². The van der Waals surface area contributed by atoms with Gasteiger partial charge in [-0.05, 0) is 31.5 Å². The zero-order chi connectivity index (χ0) is 19.8. The third-order valence-corrected chi connectivity index (χ3v) is 5.08. The normalized spacial score (nSPS) is 15.9. The van der Waals surface area contributed by atoms with Crippen LogP contribution in [0.4, 0.5) is 0 Å². The molecule has 1 aromatic carbocycles. The van der Waals surface area contributed by atoms with Crippen LogP contribution in [0.15, 0.2) is 39.8 Å². The van der Waals surface area contributed by atoms with Crippen LogP contribution in [0.25, 0.3) is 0 Å². The predicted octanol–water partition coefficient (Wildman–Crippen LogP) is 3.36. The van der Waals surface area contributed by atoms with E-state index in [1.165, 1.54) is 18.4 Å². The topological polar surface area (TPSA) is 78.6 Å². The Morgan fingerprint density at radius 3 is 2.52 bits per heavy atom. The molecule has 2 N–H and O–H groups in total. The number of nitrogens with zero attached hydrogens (tertiary/aromatic N) is 4. The Bertz CT molecular complexity index is 743. The minimum atomic E-state index is 0. The Morgan fingerprint density at radius 2 is 1.90 bits per heavy atom. The smallest absolute Gasteiger partial charge is 0.228 e. The van der Waals surface area contributed by atoms with Crippen molar-refractivity contribution in [3.63, 3.8) is 0 Å². The first-order valence-electron chi connectivity index (χ1n) is 10.2. The molecule has 2 heterocycles. The second kappa shape index (κ2) is 12.1. The highest BCUT2D eigenvalue weighted by Crippen LogP contribution is 2.24. The first kappa shape index (κ1) is 23.6. The van der Waals surface area contributed by atoms with Gasteiger partial charge in [0.25, 0.3) is 0 Å². The molecule has 1 atom stereocenters. The lowest BCUT2D eigenvalue weighted by molar-refractivity contribution is 0.245. The lowest BCUT2D eigenvalue weighted by Crippen LogP contribution is -2.43. The minimum absolute atomic E-state index is 0. The highest BCUT2D eigenvalue weighted by Gasteiger charge is 2.23. The van der Waals surface area contributed by atoms with Crippen LogP contribution in [-0.2, 0) is 6.42 Å². The van der Waals surface area contributed by atoms with Gasteiger partial charge in [0.05, 0.1) is 6.04 Å². The SMILES string of the molecule is CN=C(NCCc1nc(C(C)C)no1)NCC(c1ccccc1)N1CCCC1.I. The van der Waals surface area contributed by atoms with Crippen molar-refractivity contribution in [2.75, 3.05) is 33.2 Å². The van der Waals surface area contributed by atoms with E-state index in [1.807, 2.05) is 0 Å². The molecular weight excluding hydrogens is 479 g/mol. The number of nitrogens with one attached hydrogen (secondary N) is 2. The van der Waals surface area contributed by atoms with Crippen LogP contribution in [0.3, 0.4) is 0 Å². The lowest BCUT2D eigenvalue weighted by Gasteiger charge is -2.28. The van der Waals surface area contributed by atoms with Crippen molar-refractivity contribution in [1.29, 1.82) is 0 Å². The number of hydrogen-bond donors (Lipinski definition) is 2. The van der Waals surface area contributed by atoms with Crippen LogP contribution in [-0.4, -0.2) is 54.2 Å². The molecule has 1 aromatic heterocycles. The molecule has 7 nitrogen and oxygen atoms in total. The molecule has 1 unspecified atom stereocenters. The molecule has 1 aliphatic heterocycles. The van der Waals surface area contributed by atoms with Crippen molar-refractivity contribution in [2.45, 2.75) is 45.1 Å². The first-order chi connectivity index (χ1) is 13.7. The maximum absolute atomic E-state index is 5.30. The highest BCUT2D eigenvalue weighted by atomic mass is 127. The standard InChI is InChI=1S/C21H32N6O.HI/c1-16(2)20-25-19(28-26-20)11-12-23-21(22-3)24-15-18(27-13-7-8-14-27)17-9-5-4-6-10-17;/h4-6,9-10,16,18H,7-8,11-15H2,1-3H3,(H2,22,23,24);1H. The van der Waals surface area contributed by atoms with Crippen molar-refractivity contribution < 1.29 is 4.52 Å². The van der Waals surface area contributed by atoms with Crippen molar-refractivity contribution in [2.24, 2.45) is 4.99 Å². The molecule has 0 bridgehead atoms. The van der Waals surface area contributed by atoms with Crippen LogP contribution >= 0.6 is 24.0 Å². The summed E-state index contributed by atoms with van der Waals surface area (Å²) in [5.74, 6) is 2.49. The van der Waals surface area contributed by atoms with Crippen LogP contribution in [0, 0.1) is 0 Å². The number of rotatable bonds is 8. The molecule has 0 amide bonds. The van der Waals surface area contributed by atoms with Crippen LogP contribution in [0.2, 0.25) is 0 Å². The van der Waals surface area contributed by atoms with Gasteiger partial charge < -0.3 is 15.2 Å². The summed E-state index contributed by atoms with van der Waals surface area (Å²) in [5.41, 5.74) is 1.35. The van der Waals surface area contributed by atoms with Gasteiger partial charge in [0.1, 0.15) is 0 Å². The Morgan fingerprint density at radius 1 is 1.17 bits per heavy atom. The molecule has 2 aromatic rings. The van der Waals surface area contributed by atoms with Gasteiger partial charge in [0.15, 0.2) is 11.8 Å². The molecule has 1 fully saturated rings.